The van der Waals surface area contributed by atoms with Gasteiger partial charge in [0.1, 0.15) is 0 Å². The molecule has 0 spiro atoms. The van der Waals surface area contributed by atoms with Gasteiger partial charge in [-0.25, -0.2) is 4.79 Å². The van der Waals surface area contributed by atoms with E-state index in [1.165, 1.54) is 0 Å². The Balaban J connectivity index is 1.86. The Kier molecular flexibility index (Phi) is 5.77. The van der Waals surface area contributed by atoms with Crippen LogP contribution in [-0.2, 0) is 9.53 Å². The largest absolute Gasteiger partial charge is 0.452 e. The van der Waals surface area contributed by atoms with E-state index in [4.69, 9.17) is 16.3 Å². The molecule has 23 heavy (non-hydrogen) atoms. The second-order valence-corrected chi connectivity index (χ2v) is 5.67. The van der Waals surface area contributed by atoms with Crippen LogP contribution in [-0.4, -0.2) is 18.5 Å². The predicted molar refractivity (Wildman–Crippen MR) is 89.5 cm³/mol. The maximum atomic E-state index is 11.9. The lowest BCUT2D eigenvalue weighted by atomic mass is 10.1. The van der Waals surface area contributed by atoms with E-state index >= 15 is 0 Å². The summed E-state index contributed by atoms with van der Waals surface area (Å²) >= 11 is 5.83. The molecule has 1 atom stereocenters. The van der Waals surface area contributed by atoms with Crippen LogP contribution in [0.4, 0.5) is 0 Å². The maximum absolute atomic E-state index is 11.9. The third-order valence-electron chi connectivity index (χ3n) is 3.45. The second-order valence-electron chi connectivity index (χ2n) is 5.23. The van der Waals surface area contributed by atoms with Crippen LogP contribution < -0.4 is 5.32 Å². The number of benzene rings is 2. The summed E-state index contributed by atoms with van der Waals surface area (Å²) in [6, 6.07) is 14.1. The molecule has 0 aliphatic carbocycles. The molecule has 120 valence electrons. The molecule has 0 saturated carbocycles. The standard InChI is InChI=1S/C18H18ClNO3/c1-12-5-3-4-6-16(12)18(22)23-11-17(21)20-13(2)14-7-9-15(19)10-8-14/h3-10,13H,11H2,1-2H3,(H,20,21)/t13-/m1/s1. The summed E-state index contributed by atoms with van der Waals surface area (Å²) in [5.74, 6) is -0.855. The molecule has 0 saturated heterocycles. The van der Waals surface area contributed by atoms with Crippen LogP contribution in [0, 0.1) is 6.92 Å². The van der Waals surface area contributed by atoms with Gasteiger partial charge in [0.15, 0.2) is 6.61 Å². The molecule has 0 aliphatic rings. The van der Waals surface area contributed by atoms with Gasteiger partial charge in [0.2, 0.25) is 0 Å². The van der Waals surface area contributed by atoms with Crippen molar-refractivity contribution in [2.45, 2.75) is 19.9 Å². The van der Waals surface area contributed by atoms with Crippen LogP contribution >= 0.6 is 11.6 Å². The molecular weight excluding hydrogens is 314 g/mol. The van der Waals surface area contributed by atoms with Crippen molar-refractivity contribution in [3.05, 3.63) is 70.2 Å². The van der Waals surface area contributed by atoms with E-state index in [0.29, 0.717) is 10.6 Å². The molecule has 2 aromatic carbocycles. The summed E-state index contributed by atoms with van der Waals surface area (Å²) in [4.78, 5) is 23.8. The van der Waals surface area contributed by atoms with Gasteiger partial charge in [0, 0.05) is 5.02 Å². The number of ether oxygens (including phenoxy) is 1. The fourth-order valence-corrected chi connectivity index (χ4v) is 2.25. The summed E-state index contributed by atoms with van der Waals surface area (Å²) in [5, 5.41) is 3.42. The van der Waals surface area contributed by atoms with Gasteiger partial charge in [-0.3, -0.25) is 4.79 Å². The van der Waals surface area contributed by atoms with Crippen molar-refractivity contribution in [3.8, 4) is 0 Å². The average Bonchev–Trinajstić information content (AvgIpc) is 2.53. The van der Waals surface area contributed by atoms with Gasteiger partial charge in [-0.1, -0.05) is 41.9 Å². The van der Waals surface area contributed by atoms with Crippen molar-refractivity contribution in [2.75, 3.05) is 6.61 Å². The van der Waals surface area contributed by atoms with E-state index in [9.17, 15) is 9.59 Å². The molecule has 0 fully saturated rings. The van der Waals surface area contributed by atoms with Crippen molar-refractivity contribution in [3.63, 3.8) is 0 Å². The highest BCUT2D eigenvalue weighted by atomic mass is 35.5. The number of nitrogens with one attached hydrogen (secondary N) is 1. The number of aryl methyl sites for hydroxylation is 1. The number of rotatable bonds is 5. The molecule has 0 radical (unpaired) electrons. The number of carbonyl (C=O) groups excluding carboxylic acids is 2. The molecule has 2 rings (SSSR count). The summed E-state index contributed by atoms with van der Waals surface area (Å²) in [6.07, 6.45) is 0. The normalized spacial score (nSPS) is 11.6. The van der Waals surface area contributed by atoms with E-state index < -0.39 is 5.97 Å². The van der Waals surface area contributed by atoms with Crippen LogP contribution in [0.15, 0.2) is 48.5 Å². The van der Waals surface area contributed by atoms with Gasteiger partial charge >= 0.3 is 5.97 Å². The fourth-order valence-electron chi connectivity index (χ4n) is 2.13. The number of hydrogen-bond acceptors (Lipinski definition) is 3. The van der Waals surface area contributed by atoms with E-state index in [0.717, 1.165) is 11.1 Å². The first kappa shape index (κ1) is 17.0. The van der Waals surface area contributed by atoms with E-state index in [-0.39, 0.29) is 18.6 Å². The fraction of sp³-hybridized carbons (Fsp3) is 0.222. The van der Waals surface area contributed by atoms with Gasteiger partial charge in [-0.15, -0.1) is 0 Å². The number of carbonyl (C=O) groups is 2. The third-order valence-corrected chi connectivity index (χ3v) is 3.70. The van der Waals surface area contributed by atoms with Crippen LogP contribution in [0.2, 0.25) is 5.02 Å². The van der Waals surface area contributed by atoms with Gasteiger partial charge in [0.05, 0.1) is 11.6 Å². The highest BCUT2D eigenvalue weighted by molar-refractivity contribution is 6.30. The first-order chi connectivity index (χ1) is 11.0. The Morgan fingerprint density at radius 2 is 1.78 bits per heavy atom. The van der Waals surface area contributed by atoms with Gasteiger partial charge in [-0.05, 0) is 43.2 Å². The Hall–Kier alpha value is -2.33. The third kappa shape index (κ3) is 4.83. The molecule has 0 aliphatic heterocycles. The first-order valence-electron chi connectivity index (χ1n) is 7.25. The predicted octanol–water partition coefficient (Wildman–Crippen LogP) is 3.68. The minimum Gasteiger partial charge on any atom is -0.452 e. The monoisotopic (exact) mass is 331 g/mol. The lowest BCUT2D eigenvalue weighted by molar-refractivity contribution is -0.124. The number of amides is 1. The lowest BCUT2D eigenvalue weighted by Crippen LogP contribution is -2.31. The molecule has 0 unspecified atom stereocenters. The van der Waals surface area contributed by atoms with Crippen molar-refractivity contribution in [2.24, 2.45) is 0 Å². The molecule has 1 amide bonds. The number of hydrogen-bond donors (Lipinski definition) is 1. The molecule has 0 aromatic heterocycles. The van der Waals surface area contributed by atoms with Gasteiger partial charge in [-0.2, -0.15) is 0 Å². The molecule has 4 nitrogen and oxygen atoms in total. The van der Waals surface area contributed by atoms with E-state index in [1.54, 1.807) is 24.3 Å². The highest BCUT2D eigenvalue weighted by Gasteiger charge is 2.14. The molecular formula is C18H18ClNO3. The minimum absolute atomic E-state index is 0.197. The zero-order chi connectivity index (χ0) is 16.8. The lowest BCUT2D eigenvalue weighted by Gasteiger charge is -2.14. The van der Waals surface area contributed by atoms with Crippen LogP contribution in [0.3, 0.4) is 0 Å². The van der Waals surface area contributed by atoms with Gasteiger partial charge in [0.25, 0.3) is 5.91 Å². The Labute approximate surface area is 140 Å². The Morgan fingerprint density at radius 3 is 2.43 bits per heavy atom. The van der Waals surface area contributed by atoms with Crippen molar-refractivity contribution >= 4 is 23.5 Å². The Morgan fingerprint density at radius 1 is 1.13 bits per heavy atom. The summed E-state index contributed by atoms with van der Waals surface area (Å²) in [7, 11) is 0. The number of esters is 1. The summed E-state index contributed by atoms with van der Waals surface area (Å²) in [5.41, 5.74) is 2.20. The van der Waals surface area contributed by atoms with Crippen molar-refractivity contribution in [1.82, 2.24) is 5.32 Å². The quantitative estimate of drug-likeness (QED) is 0.850. The zero-order valence-electron chi connectivity index (χ0n) is 13.0. The molecule has 0 bridgehead atoms. The molecule has 0 heterocycles. The SMILES string of the molecule is Cc1ccccc1C(=O)OCC(=O)N[C@H](C)c1ccc(Cl)cc1. The van der Waals surface area contributed by atoms with Crippen LogP contribution in [0.5, 0.6) is 0 Å². The average molecular weight is 332 g/mol. The first-order valence-corrected chi connectivity index (χ1v) is 7.62. The van der Waals surface area contributed by atoms with Crippen molar-refractivity contribution in [1.29, 1.82) is 0 Å². The topological polar surface area (TPSA) is 55.4 Å². The molecule has 5 heteroatoms. The second kappa shape index (κ2) is 7.79. The minimum atomic E-state index is -0.502. The number of halogens is 1. The van der Waals surface area contributed by atoms with E-state index in [2.05, 4.69) is 5.32 Å². The Bertz CT molecular complexity index is 698. The zero-order valence-corrected chi connectivity index (χ0v) is 13.8. The smallest absolute Gasteiger partial charge is 0.338 e. The highest BCUT2D eigenvalue weighted by Crippen LogP contribution is 2.16. The van der Waals surface area contributed by atoms with Crippen molar-refractivity contribution < 1.29 is 14.3 Å². The molecule has 1 N–H and O–H groups in total. The molecule has 2 aromatic rings. The van der Waals surface area contributed by atoms with Gasteiger partial charge < -0.3 is 10.1 Å². The summed E-state index contributed by atoms with van der Waals surface area (Å²) < 4.78 is 5.05. The van der Waals surface area contributed by atoms with Crippen LogP contribution in [0.1, 0.15) is 34.5 Å². The maximum Gasteiger partial charge on any atom is 0.338 e. The summed E-state index contributed by atoms with van der Waals surface area (Å²) in [6.45, 7) is 3.36. The van der Waals surface area contributed by atoms with Crippen LogP contribution in [0.25, 0.3) is 0 Å². The van der Waals surface area contributed by atoms with E-state index in [1.807, 2.05) is 38.1 Å².